The van der Waals surface area contributed by atoms with Gasteiger partial charge in [-0.1, -0.05) is 24.4 Å². The van der Waals surface area contributed by atoms with Crippen LogP contribution in [0.4, 0.5) is 15.8 Å². The number of hydrogen-bond acceptors (Lipinski definition) is 3. The van der Waals surface area contributed by atoms with Crippen LogP contribution in [0.5, 0.6) is 0 Å². The monoisotopic (exact) mass is 417 g/mol. The van der Waals surface area contributed by atoms with E-state index in [4.69, 9.17) is 11.6 Å². The van der Waals surface area contributed by atoms with Gasteiger partial charge in [0.05, 0.1) is 10.6 Å². The van der Waals surface area contributed by atoms with Gasteiger partial charge in [-0.2, -0.15) is 0 Å². The third-order valence-corrected chi connectivity index (χ3v) is 5.25. The molecule has 0 bridgehead atoms. The van der Waals surface area contributed by atoms with Crippen molar-refractivity contribution < 1.29 is 14.0 Å². The van der Waals surface area contributed by atoms with E-state index in [-0.39, 0.29) is 29.5 Å². The van der Waals surface area contributed by atoms with Crippen LogP contribution in [0.3, 0.4) is 0 Å². The summed E-state index contributed by atoms with van der Waals surface area (Å²) in [5, 5.41) is 5.49. The molecule has 1 fully saturated rings. The van der Waals surface area contributed by atoms with E-state index in [2.05, 4.69) is 15.5 Å². The largest absolute Gasteiger partial charge is 0.372 e. The zero-order chi connectivity index (χ0) is 20.6. The molecule has 1 aliphatic heterocycles. The van der Waals surface area contributed by atoms with Gasteiger partial charge < -0.3 is 15.5 Å². The van der Waals surface area contributed by atoms with Crippen molar-refractivity contribution in [3.05, 3.63) is 58.9 Å². The Kier molecular flexibility index (Phi) is 7.47. The number of halogens is 2. The fourth-order valence-corrected chi connectivity index (χ4v) is 3.62. The lowest BCUT2D eigenvalue weighted by atomic mass is 10.2. The van der Waals surface area contributed by atoms with Crippen molar-refractivity contribution in [1.29, 1.82) is 0 Å². The molecule has 154 valence electrons. The van der Waals surface area contributed by atoms with Crippen LogP contribution < -0.4 is 15.5 Å². The Morgan fingerprint density at radius 2 is 1.69 bits per heavy atom. The van der Waals surface area contributed by atoms with E-state index in [0.717, 1.165) is 24.8 Å². The maximum absolute atomic E-state index is 13.1. The van der Waals surface area contributed by atoms with Gasteiger partial charge in [-0.15, -0.1) is 0 Å². The molecule has 2 N–H and O–H groups in total. The van der Waals surface area contributed by atoms with E-state index in [0.29, 0.717) is 0 Å². The Morgan fingerprint density at radius 3 is 2.34 bits per heavy atom. The Morgan fingerprint density at radius 1 is 1.00 bits per heavy atom. The van der Waals surface area contributed by atoms with Crippen molar-refractivity contribution in [2.45, 2.75) is 32.1 Å². The Bertz CT molecular complexity index is 850. The van der Waals surface area contributed by atoms with Crippen LogP contribution in [-0.2, 0) is 4.79 Å². The predicted octanol–water partition coefficient (Wildman–Crippen LogP) is 4.62. The number of anilines is 2. The highest BCUT2D eigenvalue weighted by atomic mass is 35.5. The summed E-state index contributed by atoms with van der Waals surface area (Å²) in [7, 11) is 0. The third kappa shape index (κ3) is 6.19. The lowest BCUT2D eigenvalue weighted by molar-refractivity contribution is -0.116. The van der Waals surface area contributed by atoms with E-state index in [1.807, 2.05) is 24.3 Å². The van der Waals surface area contributed by atoms with Gasteiger partial charge >= 0.3 is 0 Å². The number of nitrogens with one attached hydrogen (secondary N) is 2. The van der Waals surface area contributed by atoms with Crippen molar-refractivity contribution in [3.8, 4) is 0 Å². The molecule has 3 rings (SSSR count). The van der Waals surface area contributed by atoms with Crippen molar-refractivity contribution in [1.82, 2.24) is 5.32 Å². The number of rotatable bonds is 6. The molecule has 5 nitrogen and oxygen atoms in total. The van der Waals surface area contributed by atoms with Gasteiger partial charge in [-0.05, 0) is 55.3 Å². The average molecular weight is 418 g/mol. The maximum atomic E-state index is 13.1. The first-order chi connectivity index (χ1) is 14.0. The second-order valence-electron chi connectivity index (χ2n) is 7.13. The molecule has 0 radical (unpaired) electrons. The van der Waals surface area contributed by atoms with E-state index in [1.54, 1.807) is 0 Å². The van der Waals surface area contributed by atoms with Gasteiger partial charge in [0.15, 0.2) is 0 Å². The highest BCUT2D eigenvalue weighted by Crippen LogP contribution is 2.21. The molecule has 0 aliphatic carbocycles. The van der Waals surface area contributed by atoms with Gasteiger partial charge in [-0.25, -0.2) is 4.39 Å². The smallest absolute Gasteiger partial charge is 0.252 e. The molecule has 1 saturated heterocycles. The zero-order valence-electron chi connectivity index (χ0n) is 16.2. The van der Waals surface area contributed by atoms with E-state index in [9.17, 15) is 14.0 Å². The Labute approximate surface area is 175 Å². The molecule has 1 aliphatic rings. The SMILES string of the molecule is O=C(CCNC(=O)c1ccc(F)cc1Cl)Nc1ccc(N2CCCCCC2)cc1. The summed E-state index contributed by atoms with van der Waals surface area (Å²) in [6, 6.07) is 11.4. The van der Waals surface area contributed by atoms with Crippen LogP contribution in [0.2, 0.25) is 5.02 Å². The summed E-state index contributed by atoms with van der Waals surface area (Å²) >= 11 is 5.87. The second-order valence-corrected chi connectivity index (χ2v) is 7.53. The number of hydrogen-bond donors (Lipinski definition) is 2. The van der Waals surface area contributed by atoms with E-state index >= 15 is 0 Å². The lowest BCUT2D eigenvalue weighted by Crippen LogP contribution is -2.28. The van der Waals surface area contributed by atoms with Crippen molar-refractivity contribution in [2.75, 3.05) is 29.9 Å². The molecule has 0 atom stereocenters. The van der Waals surface area contributed by atoms with Gasteiger partial charge in [0, 0.05) is 37.4 Å². The summed E-state index contributed by atoms with van der Waals surface area (Å²) in [4.78, 5) is 26.6. The molecule has 0 spiro atoms. The molecule has 0 aromatic heterocycles. The molecule has 0 saturated carbocycles. The average Bonchev–Trinajstić information content (AvgIpc) is 2.98. The summed E-state index contributed by atoms with van der Waals surface area (Å²) in [6.45, 7) is 2.30. The van der Waals surface area contributed by atoms with Gasteiger partial charge in [0.1, 0.15) is 5.82 Å². The van der Waals surface area contributed by atoms with Crippen LogP contribution in [0.1, 0.15) is 42.5 Å². The van der Waals surface area contributed by atoms with Crippen LogP contribution in [0.15, 0.2) is 42.5 Å². The fourth-order valence-electron chi connectivity index (χ4n) is 3.37. The van der Waals surface area contributed by atoms with Gasteiger partial charge in [0.25, 0.3) is 5.91 Å². The fraction of sp³-hybridized carbons (Fsp3) is 0.364. The first-order valence-corrected chi connectivity index (χ1v) is 10.3. The van der Waals surface area contributed by atoms with E-state index in [1.165, 1.54) is 43.5 Å². The molecular weight excluding hydrogens is 393 g/mol. The minimum atomic E-state index is -0.507. The summed E-state index contributed by atoms with van der Waals surface area (Å²) in [5.41, 5.74) is 2.08. The van der Waals surface area contributed by atoms with Crippen molar-refractivity contribution in [3.63, 3.8) is 0 Å². The molecule has 1 heterocycles. The Hall–Kier alpha value is -2.60. The summed E-state index contributed by atoms with van der Waals surface area (Å²) in [5.74, 6) is -1.14. The van der Waals surface area contributed by atoms with Crippen molar-refractivity contribution >= 4 is 34.8 Å². The number of nitrogens with zero attached hydrogens (tertiary/aromatic N) is 1. The van der Waals surface area contributed by atoms with Gasteiger partial charge in [-0.3, -0.25) is 9.59 Å². The highest BCUT2D eigenvalue weighted by molar-refractivity contribution is 6.33. The minimum absolute atomic E-state index is 0.0384. The quantitative estimate of drug-likeness (QED) is 0.721. The second kappa shape index (κ2) is 10.3. The predicted molar refractivity (Wildman–Crippen MR) is 114 cm³/mol. The maximum Gasteiger partial charge on any atom is 0.252 e. The summed E-state index contributed by atoms with van der Waals surface area (Å²) < 4.78 is 13.1. The highest BCUT2D eigenvalue weighted by Gasteiger charge is 2.12. The Balaban J connectivity index is 1.45. The minimum Gasteiger partial charge on any atom is -0.372 e. The number of carbonyl (C=O) groups is 2. The van der Waals surface area contributed by atoms with Crippen molar-refractivity contribution in [2.24, 2.45) is 0 Å². The normalized spacial score (nSPS) is 14.2. The number of amides is 2. The molecule has 29 heavy (non-hydrogen) atoms. The van der Waals surface area contributed by atoms with Crippen LogP contribution in [-0.4, -0.2) is 31.4 Å². The van der Waals surface area contributed by atoms with Crippen LogP contribution in [0.25, 0.3) is 0 Å². The first kappa shape index (κ1) is 21.1. The lowest BCUT2D eigenvalue weighted by Gasteiger charge is -2.22. The third-order valence-electron chi connectivity index (χ3n) is 4.94. The molecular formula is C22H25ClFN3O2. The van der Waals surface area contributed by atoms with Crippen LogP contribution in [0, 0.1) is 5.82 Å². The first-order valence-electron chi connectivity index (χ1n) is 9.91. The molecule has 2 amide bonds. The molecule has 0 unspecified atom stereocenters. The molecule has 2 aromatic rings. The topological polar surface area (TPSA) is 61.4 Å². The number of benzene rings is 2. The zero-order valence-corrected chi connectivity index (χ0v) is 17.0. The van der Waals surface area contributed by atoms with E-state index < -0.39 is 11.7 Å². The van der Waals surface area contributed by atoms with Crippen LogP contribution >= 0.6 is 11.6 Å². The van der Waals surface area contributed by atoms with Gasteiger partial charge in [0.2, 0.25) is 5.91 Å². The number of carbonyl (C=O) groups excluding carboxylic acids is 2. The molecule has 7 heteroatoms. The standard InChI is InChI=1S/C22H25ClFN3O2/c23-20-15-16(24)5-10-19(20)22(29)25-12-11-21(28)26-17-6-8-18(9-7-17)27-13-3-1-2-4-14-27/h5-10,15H,1-4,11-14H2,(H,25,29)(H,26,28). The summed E-state index contributed by atoms with van der Waals surface area (Å²) in [6.07, 6.45) is 5.13. The molecule has 2 aromatic carbocycles.